The number of carbonyl (C=O) groups is 1. The summed E-state index contributed by atoms with van der Waals surface area (Å²) in [6.45, 7) is 0.828. The summed E-state index contributed by atoms with van der Waals surface area (Å²) >= 11 is 0. The van der Waals surface area contributed by atoms with E-state index in [-0.39, 0.29) is 11.9 Å². The molecule has 1 aliphatic heterocycles. The summed E-state index contributed by atoms with van der Waals surface area (Å²) in [5.74, 6) is 1.00. The maximum Gasteiger partial charge on any atom is 0.254 e. The number of aromatic nitrogens is 3. The van der Waals surface area contributed by atoms with Crippen LogP contribution in [0.5, 0.6) is 5.75 Å². The maximum absolute atomic E-state index is 13.2. The number of piperidine rings is 1. The Labute approximate surface area is 171 Å². The fraction of sp³-hybridized carbons (Fsp3) is 0.348. The van der Waals surface area contributed by atoms with Crippen LogP contribution in [-0.2, 0) is 6.42 Å². The summed E-state index contributed by atoms with van der Waals surface area (Å²) < 4.78 is 7.15. The van der Waals surface area contributed by atoms with Gasteiger partial charge in [-0.3, -0.25) is 9.36 Å². The van der Waals surface area contributed by atoms with Gasteiger partial charge in [0.2, 0.25) is 0 Å². The molecule has 3 aromatic rings. The number of benzene rings is 2. The van der Waals surface area contributed by atoms with Crippen LogP contribution in [0.2, 0.25) is 0 Å². The first-order chi connectivity index (χ1) is 14.2. The molecule has 0 saturated carbocycles. The minimum Gasteiger partial charge on any atom is -0.497 e. The molecule has 6 heteroatoms. The van der Waals surface area contributed by atoms with Gasteiger partial charge >= 0.3 is 0 Å². The lowest BCUT2D eigenvalue weighted by atomic mass is 9.95. The number of likely N-dealkylation sites (tertiary alicyclic amines) is 1. The Balaban J connectivity index is 1.44. The molecule has 0 aliphatic carbocycles. The largest absolute Gasteiger partial charge is 0.497 e. The Morgan fingerprint density at radius 2 is 1.90 bits per heavy atom. The van der Waals surface area contributed by atoms with Crippen LogP contribution in [0, 0.1) is 0 Å². The average molecular weight is 390 g/mol. The lowest BCUT2D eigenvalue weighted by molar-refractivity contribution is 0.0602. The number of rotatable bonds is 6. The Kier molecular flexibility index (Phi) is 5.89. The van der Waals surface area contributed by atoms with E-state index in [1.54, 1.807) is 19.8 Å². The number of amides is 1. The van der Waals surface area contributed by atoms with Gasteiger partial charge in [-0.05, 0) is 74.1 Å². The average Bonchev–Trinajstić information content (AvgIpc) is 3.33. The third kappa shape index (κ3) is 4.47. The molecule has 0 N–H and O–H groups in total. The zero-order valence-corrected chi connectivity index (χ0v) is 16.7. The minimum absolute atomic E-state index is 0.121. The van der Waals surface area contributed by atoms with Gasteiger partial charge in [0.25, 0.3) is 5.91 Å². The molecule has 1 saturated heterocycles. The zero-order chi connectivity index (χ0) is 20.1. The van der Waals surface area contributed by atoms with Gasteiger partial charge in [0, 0.05) is 23.8 Å². The Hall–Kier alpha value is -3.15. The van der Waals surface area contributed by atoms with Crippen molar-refractivity contribution >= 4 is 5.91 Å². The molecular weight excluding hydrogens is 364 g/mol. The van der Waals surface area contributed by atoms with Crippen molar-refractivity contribution in [2.24, 2.45) is 0 Å². The number of aryl methyl sites for hydroxylation is 1. The summed E-state index contributed by atoms with van der Waals surface area (Å²) in [4.78, 5) is 15.3. The summed E-state index contributed by atoms with van der Waals surface area (Å²) in [6, 6.07) is 16.1. The molecule has 2 aromatic carbocycles. The molecule has 0 unspecified atom stereocenters. The first kappa shape index (κ1) is 19.2. The molecule has 6 nitrogen and oxygen atoms in total. The summed E-state index contributed by atoms with van der Waals surface area (Å²) in [5, 5.41) is 7.65. The van der Waals surface area contributed by atoms with E-state index in [4.69, 9.17) is 4.74 Å². The van der Waals surface area contributed by atoms with Crippen LogP contribution < -0.4 is 4.74 Å². The summed E-state index contributed by atoms with van der Waals surface area (Å²) in [5.41, 5.74) is 2.93. The van der Waals surface area contributed by atoms with Crippen molar-refractivity contribution < 1.29 is 9.53 Å². The Bertz CT molecular complexity index is 938. The van der Waals surface area contributed by atoms with Crippen LogP contribution in [0.25, 0.3) is 5.69 Å². The molecule has 1 amide bonds. The molecule has 1 aromatic heterocycles. The quantitative estimate of drug-likeness (QED) is 0.640. The minimum atomic E-state index is 0.121. The fourth-order valence-corrected chi connectivity index (χ4v) is 4.01. The van der Waals surface area contributed by atoms with Crippen LogP contribution in [0.15, 0.2) is 61.2 Å². The van der Waals surface area contributed by atoms with Crippen LogP contribution in [0.4, 0.5) is 0 Å². The van der Waals surface area contributed by atoms with Crippen molar-refractivity contribution in [2.75, 3.05) is 13.7 Å². The summed E-state index contributed by atoms with van der Waals surface area (Å²) in [6.07, 6.45) is 8.52. The van der Waals surface area contributed by atoms with Gasteiger partial charge in [-0.1, -0.05) is 12.1 Å². The maximum atomic E-state index is 13.2. The highest BCUT2D eigenvalue weighted by Gasteiger charge is 2.27. The van der Waals surface area contributed by atoms with E-state index >= 15 is 0 Å². The zero-order valence-electron chi connectivity index (χ0n) is 16.7. The van der Waals surface area contributed by atoms with E-state index in [9.17, 15) is 4.79 Å². The molecular formula is C23H26N4O2. The second-order valence-electron chi connectivity index (χ2n) is 7.45. The number of hydrogen-bond acceptors (Lipinski definition) is 4. The molecule has 29 heavy (non-hydrogen) atoms. The molecule has 1 aliphatic rings. The SMILES string of the molecule is COc1cccc(CC[C@H]2CCCCN2C(=O)c2ccc(-n3cnnc3)cc2)c1. The highest BCUT2D eigenvalue weighted by Crippen LogP contribution is 2.24. The normalized spacial score (nSPS) is 16.6. The second kappa shape index (κ2) is 8.90. The van der Waals surface area contributed by atoms with Crippen molar-refractivity contribution in [1.82, 2.24) is 19.7 Å². The van der Waals surface area contributed by atoms with Crippen molar-refractivity contribution in [1.29, 1.82) is 0 Å². The van der Waals surface area contributed by atoms with Gasteiger partial charge in [0.15, 0.2) is 0 Å². The highest BCUT2D eigenvalue weighted by molar-refractivity contribution is 5.94. The van der Waals surface area contributed by atoms with Crippen LogP contribution in [0.1, 0.15) is 41.6 Å². The molecule has 2 heterocycles. The standard InChI is InChI=1S/C23H26N4O2/c1-29-22-7-4-5-18(15-22)8-11-21-6-2-3-14-27(21)23(28)19-9-12-20(13-10-19)26-16-24-25-17-26/h4-5,7,9-10,12-13,15-17,21H,2-3,6,8,11,14H2,1H3/t21-/m1/s1. The van der Waals surface area contributed by atoms with E-state index in [0.717, 1.165) is 49.2 Å². The van der Waals surface area contributed by atoms with Crippen molar-refractivity contribution in [3.63, 3.8) is 0 Å². The smallest absolute Gasteiger partial charge is 0.254 e. The van der Waals surface area contributed by atoms with Crippen LogP contribution >= 0.6 is 0 Å². The fourth-order valence-electron chi connectivity index (χ4n) is 4.01. The molecule has 0 bridgehead atoms. The van der Waals surface area contributed by atoms with E-state index in [0.29, 0.717) is 0 Å². The number of hydrogen-bond donors (Lipinski definition) is 0. The third-order valence-electron chi connectivity index (χ3n) is 5.62. The molecule has 0 spiro atoms. The first-order valence-corrected chi connectivity index (χ1v) is 10.1. The lowest BCUT2D eigenvalue weighted by Gasteiger charge is -2.36. The Morgan fingerprint density at radius 1 is 1.10 bits per heavy atom. The van der Waals surface area contributed by atoms with Gasteiger partial charge < -0.3 is 9.64 Å². The topological polar surface area (TPSA) is 60.2 Å². The van der Waals surface area contributed by atoms with Crippen molar-refractivity contribution in [2.45, 2.75) is 38.1 Å². The van der Waals surface area contributed by atoms with E-state index in [1.807, 2.05) is 41.0 Å². The van der Waals surface area contributed by atoms with Crippen molar-refractivity contribution in [3.05, 3.63) is 72.3 Å². The molecule has 150 valence electrons. The number of ether oxygens (including phenoxy) is 1. The molecule has 0 radical (unpaired) electrons. The van der Waals surface area contributed by atoms with Crippen molar-refractivity contribution in [3.8, 4) is 11.4 Å². The second-order valence-corrected chi connectivity index (χ2v) is 7.45. The predicted molar refractivity (Wildman–Crippen MR) is 111 cm³/mol. The molecule has 1 atom stereocenters. The number of methoxy groups -OCH3 is 1. The molecule has 1 fully saturated rings. The molecule has 4 rings (SSSR count). The Morgan fingerprint density at radius 3 is 2.66 bits per heavy atom. The van der Waals surface area contributed by atoms with Crippen LogP contribution in [-0.4, -0.2) is 45.3 Å². The van der Waals surface area contributed by atoms with Gasteiger partial charge in [0.05, 0.1) is 7.11 Å². The van der Waals surface area contributed by atoms with Gasteiger partial charge in [-0.15, -0.1) is 10.2 Å². The van der Waals surface area contributed by atoms with E-state index in [1.165, 1.54) is 12.0 Å². The number of carbonyl (C=O) groups excluding carboxylic acids is 1. The van der Waals surface area contributed by atoms with Gasteiger partial charge in [-0.25, -0.2) is 0 Å². The monoisotopic (exact) mass is 390 g/mol. The number of nitrogens with zero attached hydrogens (tertiary/aromatic N) is 4. The lowest BCUT2D eigenvalue weighted by Crippen LogP contribution is -2.44. The van der Waals surface area contributed by atoms with Gasteiger partial charge in [-0.2, -0.15) is 0 Å². The van der Waals surface area contributed by atoms with Gasteiger partial charge in [0.1, 0.15) is 18.4 Å². The summed E-state index contributed by atoms with van der Waals surface area (Å²) in [7, 11) is 1.69. The third-order valence-corrected chi connectivity index (χ3v) is 5.62. The predicted octanol–water partition coefficient (Wildman–Crippen LogP) is 3.90. The van der Waals surface area contributed by atoms with E-state index in [2.05, 4.69) is 27.2 Å². The van der Waals surface area contributed by atoms with Crippen LogP contribution in [0.3, 0.4) is 0 Å². The van der Waals surface area contributed by atoms with E-state index < -0.39 is 0 Å². The first-order valence-electron chi connectivity index (χ1n) is 10.1. The highest BCUT2D eigenvalue weighted by atomic mass is 16.5.